The van der Waals surface area contributed by atoms with Crippen LogP contribution in [0.4, 0.5) is 5.69 Å². The van der Waals surface area contributed by atoms with Crippen molar-refractivity contribution >= 4 is 67.7 Å². The molecule has 6 nitrogen and oxygen atoms in total. The zero-order chi connectivity index (χ0) is 20.0. The molecule has 0 saturated heterocycles. The Labute approximate surface area is 186 Å². The van der Waals surface area contributed by atoms with Crippen LogP contribution >= 0.6 is 44.3 Å². The molecule has 0 radical (unpaired) electrons. The van der Waals surface area contributed by atoms with Crippen molar-refractivity contribution in [3.63, 3.8) is 0 Å². The number of hydrogen-bond donors (Lipinski definition) is 3. The number of hydrogen-bond acceptors (Lipinski definition) is 4. The van der Waals surface area contributed by atoms with E-state index in [0.29, 0.717) is 17.7 Å². The Balaban J connectivity index is 0.00000392. The van der Waals surface area contributed by atoms with Gasteiger partial charge in [0.1, 0.15) is 5.84 Å². The van der Waals surface area contributed by atoms with Gasteiger partial charge in [0.25, 0.3) is 0 Å². The number of rotatable bonds is 7. The van der Waals surface area contributed by atoms with Gasteiger partial charge >= 0.3 is 5.97 Å². The van der Waals surface area contributed by atoms with Crippen LogP contribution in [-0.4, -0.2) is 24.8 Å². The van der Waals surface area contributed by atoms with E-state index in [0.717, 1.165) is 20.1 Å². The highest BCUT2D eigenvalue weighted by atomic mass is 79.9. The Morgan fingerprint density at radius 3 is 2.14 bits per heavy atom. The maximum atomic E-state index is 12.1. The number of nitrogens with two attached hydrogens (primary N) is 1. The molecule has 0 aromatic heterocycles. The fourth-order valence-electron chi connectivity index (χ4n) is 2.40. The summed E-state index contributed by atoms with van der Waals surface area (Å²) in [5.74, 6) is -0.488. The lowest BCUT2D eigenvalue weighted by Gasteiger charge is -2.12. The summed E-state index contributed by atoms with van der Waals surface area (Å²) in [6.07, 6.45) is 0.859. The molecule has 4 N–H and O–H groups in total. The van der Waals surface area contributed by atoms with Crippen molar-refractivity contribution in [3.05, 3.63) is 50.9 Å². The normalized spacial score (nSPS) is 9.96. The van der Waals surface area contributed by atoms with Crippen LogP contribution in [0.3, 0.4) is 0 Å². The lowest BCUT2D eigenvalue weighted by atomic mass is 10.0. The second-order valence-electron chi connectivity index (χ2n) is 5.78. The number of esters is 1. The van der Waals surface area contributed by atoms with Crippen LogP contribution in [0, 0.1) is 5.41 Å². The molecular weight excluding hydrogens is 513 g/mol. The minimum Gasteiger partial charge on any atom is -0.469 e. The molecule has 28 heavy (non-hydrogen) atoms. The van der Waals surface area contributed by atoms with E-state index in [1.807, 2.05) is 24.3 Å². The number of nitrogen functional groups attached to an aromatic ring is 1. The fraction of sp³-hybridized carbons (Fsp3) is 0.211. The van der Waals surface area contributed by atoms with Crippen molar-refractivity contribution in [2.24, 2.45) is 5.73 Å². The number of amidine groups is 1. The standard InChI is InChI=1S/C19H19Br2N3O3.ClH/c1-27-17(26)4-2-3-16(25)24-18-14(20)9-13(10-15(18)21)11-5-7-12(8-6-11)19(22)23;/h5-10H,2-4H2,1H3,(H3,22,23)(H,24,25);1H. The zero-order valence-corrected chi connectivity index (χ0v) is 19.0. The lowest BCUT2D eigenvalue weighted by molar-refractivity contribution is -0.140. The van der Waals surface area contributed by atoms with E-state index in [9.17, 15) is 9.59 Å². The molecule has 0 fully saturated rings. The molecule has 0 heterocycles. The Kier molecular flexibility index (Phi) is 9.64. The van der Waals surface area contributed by atoms with Crippen molar-refractivity contribution in [2.45, 2.75) is 19.3 Å². The second-order valence-corrected chi connectivity index (χ2v) is 7.49. The average molecular weight is 534 g/mol. The summed E-state index contributed by atoms with van der Waals surface area (Å²) in [6, 6.07) is 11.1. The van der Waals surface area contributed by atoms with E-state index < -0.39 is 0 Å². The molecule has 9 heteroatoms. The monoisotopic (exact) mass is 531 g/mol. The molecule has 2 rings (SSSR count). The number of halogens is 3. The van der Waals surface area contributed by atoms with Gasteiger partial charge in [-0.1, -0.05) is 24.3 Å². The molecule has 0 unspecified atom stereocenters. The van der Waals surface area contributed by atoms with Gasteiger partial charge in [0.15, 0.2) is 0 Å². The summed E-state index contributed by atoms with van der Waals surface area (Å²) in [7, 11) is 1.33. The first-order valence-corrected chi connectivity index (χ1v) is 9.71. The van der Waals surface area contributed by atoms with Crippen LogP contribution < -0.4 is 11.1 Å². The molecule has 0 aliphatic rings. The number of carbonyl (C=O) groups excluding carboxylic acids is 2. The van der Waals surface area contributed by atoms with E-state index >= 15 is 0 Å². The predicted molar refractivity (Wildman–Crippen MR) is 120 cm³/mol. The largest absolute Gasteiger partial charge is 0.469 e. The molecule has 2 aromatic carbocycles. The third-order valence-electron chi connectivity index (χ3n) is 3.85. The maximum absolute atomic E-state index is 12.1. The van der Waals surface area contributed by atoms with Crippen LogP contribution in [0.1, 0.15) is 24.8 Å². The molecule has 0 atom stereocenters. The third kappa shape index (κ3) is 6.61. The van der Waals surface area contributed by atoms with E-state index in [-0.39, 0.29) is 43.0 Å². The van der Waals surface area contributed by atoms with Crippen molar-refractivity contribution in [1.82, 2.24) is 0 Å². The molecule has 0 bridgehead atoms. The van der Waals surface area contributed by atoms with Gasteiger partial charge in [-0.25, -0.2) is 0 Å². The highest BCUT2D eigenvalue weighted by Gasteiger charge is 2.13. The van der Waals surface area contributed by atoms with Crippen LogP contribution in [0.2, 0.25) is 0 Å². The minimum absolute atomic E-state index is 0. The Bertz CT molecular complexity index is 850. The van der Waals surface area contributed by atoms with E-state index in [1.54, 1.807) is 12.1 Å². The first kappa shape index (κ1) is 24.1. The van der Waals surface area contributed by atoms with Gasteiger partial charge in [-0.3, -0.25) is 15.0 Å². The van der Waals surface area contributed by atoms with Gasteiger partial charge in [-0.2, -0.15) is 0 Å². The quantitative estimate of drug-likeness (QED) is 0.268. The van der Waals surface area contributed by atoms with E-state index in [2.05, 4.69) is 41.9 Å². The van der Waals surface area contributed by atoms with Crippen molar-refractivity contribution in [1.29, 1.82) is 5.41 Å². The van der Waals surface area contributed by atoms with E-state index in [4.69, 9.17) is 11.1 Å². The Morgan fingerprint density at radius 2 is 1.64 bits per heavy atom. The highest BCUT2D eigenvalue weighted by molar-refractivity contribution is 9.11. The molecule has 2 aromatic rings. The minimum atomic E-state index is -0.328. The SMILES string of the molecule is COC(=O)CCCC(=O)Nc1c(Br)cc(-c2ccc(C(=N)N)cc2)cc1Br.Cl. The van der Waals surface area contributed by atoms with Crippen molar-refractivity contribution < 1.29 is 14.3 Å². The van der Waals surface area contributed by atoms with Crippen molar-refractivity contribution in [3.8, 4) is 11.1 Å². The summed E-state index contributed by atoms with van der Waals surface area (Å²) >= 11 is 6.98. The summed E-state index contributed by atoms with van der Waals surface area (Å²) in [6.45, 7) is 0. The molecule has 0 aliphatic carbocycles. The number of carbonyl (C=O) groups is 2. The van der Waals surface area contributed by atoms with Crippen LogP contribution in [-0.2, 0) is 14.3 Å². The number of ether oxygens (including phenoxy) is 1. The third-order valence-corrected chi connectivity index (χ3v) is 5.10. The lowest BCUT2D eigenvalue weighted by Crippen LogP contribution is -2.13. The van der Waals surface area contributed by atoms with Gasteiger partial charge in [0.2, 0.25) is 5.91 Å². The predicted octanol–water partition coefficient (Wildman–Crippen LogP) is 4.87. The summed E-state index contributed by atoms with van der Waals surface area (Å²) in [5, 5.41) is 10.3. The van der Waals surface area contributed by atoms with Gasteiger partial charge in [-0.05, 0) is 61.5 Å². The fourth-order valence-corrected chi connectivity index (χ4v) is 3.78. The summed E-state index contributed by atoms with van der Waals surface area (Å²) < 4.78 is 6.01. The van der Waals surface area contributed by atoms with Gasteiger partial charge in [0, 0.05) is 27.4 Å². The molecule has 0 spiro atoms. The van der Waals surface area contributed by atoms with Crippen LogP contribution in [0.5, 0.6) is 0 Å². The molecule has 1 amide bonds. The first-order chi connectivity index (χ1) is 12.8. The maximum Gasteiger partial charge on any atom is 0.305 e. The Morgan fingerprint density at radius 1 is 1.07 bits per heavy atom. The Hall–Kier alpha value is -1.90. The second kappa shape index (κ2) is 11.2. The van der Waals surface area contributed by atoms with Crippen molar-refractivity contribution in [2.75, 3.05) is 12.4 Å². The first-order valence-electron chi connectivity index (χ1n) is 8.12. The number of nitrogens with one attached hydrogen (secondary N) is 2. The number of anilines is 1. The highest BCUT2D eigenvalue weighted by Crippen LogP contribution is 2.36. The van der Waals surface area contributed by atoms with Gasteiger partial charge in [0.05, 0.1) is 12.8 Å². The molecule has 0 saturated carbocycles. The number of amides is 1. The van der Waals surface area contributed by atoms with Gasteiger partial charge < -0.3 is 15.8 Å². The van der Waals surface area contributed by atoms with E-state index in [1.165, 1.54) is 7.11 Å². The smallest absolute Gasteiger partial charge is 0.305 e. The molecular formula is C19H20Br2ClN3O3. The van der Waals surface area contributed by atoms with Gasteiger partial charge in [-0.15, -0.1) is 12.4 Å². The topological polar surface area (TPSA) is 105 Å². The average Bonchev–Trinajstić information content (AvgIpc) is 2.64. The zero-order valence-electron chi connectivity index (χ0n) is 15.1. The number of benzene rings is 2. The van der Waals surface area contributed by atoms with Crippen LogP contribution in [0.25, 0.3) is 11.1 Å². The summed E-state index contributed by atoms with van der Waals surface area (Å²) in [4.78, 5) is 23.2. The molecule has 0 aliphatic heterocycles. The van der Waals surface area contributed by atoms with Crippen LogP contribution in [0.15, 0.2) is 45.3 Å². The molecule has 150 valence electrons. The number of methoxy groups -OCH3 is 1. The summed E-state index contributed by atoms with van der Waals surface area (Å²) in [5.41, 5.74) is 8.66.